The number of hydrogen-bond acceptors (Lipinski definition) is 9. The smallest absolute Gasteiger partial charge is 0.407 e. The third-order valence-electron chi connectivity index (χ3n) is 7.36. The first-order valence-corrected chi connectivity index (χ1v) is 16.6. The van der Waals surface area contributed by atoms with Gasteiger partial charge in [-0.25, -0.2) is 18.0 Å². The van der Waals surface area contributed by atoms with Crippen molar-refractivity contribution in [3.63, 3.8) is 0 Å². The van der Waals surface area contributed by atoms with Crippen molar-refractivity contribution in [3.05, 3.63) is 102 Å². The van der Waals surface area contributed by atoms with E-state index in [1.807, 2.05) is 60.7 Å². The molecule has 0 bridgehead atoms. The molecule has 2 amide bonds. The minimum Gasteiger partial charge on any atom is -0.465 e. The lowest BCUT2D eigenvalue weighted by atomic mass is 9.84. The number of amides is 2. The zero-order valence-corrected chi connectivity index (χ0v) is 27.6. The molecule has 0 spiro atoms. The molecular weight excluding hydrogens is 626 g/mol. The van der Waals surface area contributed by atoms with Crippen molar-refractivity contribution in [2.45, 2.75) is 62.0 Å². The number of nitrogens with one attached hydrogen (secondary N) is 3. The molecule has 3 N–H and O–H groups in total. The van der Waals surface area contributed by atoms with Gasteiger partial charge in [0.15, 0.2) is 0 Å². The number of sulfonamides is 1. The number of methoxy groups -OCH3 is 2. The maximum atomic E-state index is 13.7. The lowest BCUT2D eigenvalue weighted by Crippen LogP contribution is -2.52. The van der Waals surface area contributed by atoms with Crippen molar-refractivity contribution < 1.29 is 41.8 Å². The van der Waals surface area contributed by atoms with Crippen LogP contribution in [0.5, 0.6) is 0 Å². The number of benzene rings is 3. The van der Waals surface area contributed by atoms with Crippen LogP contribution in [0.2, 0.25) is 0 Å². The number of rotatable bonds is 16. The van der Waals surface area contributed by atoms with E-state index in [9.17, 15) is 27.6 Å². The molecule has 47 heavy (non-hydrogen) atoms. The van der Waals surface area contributed by atoms with Crippen LogP contribution in [-0.4, -0.2) is 71.3 Å². The van der Waals surface area contributed by atoms with E-state index in [0.29, 0.717) is 12.8 Å². The first-order valence-electron chi connectivity index (χ1n) is 15.1. The molecule has 12 nitrogen and oxygen atoms in total. The predicted octanol–water partition coefficient (Wildman–Crippen LogP) is 3.91. The summed E-state index contributed by atoms with van der Waals surface area (Å²) in [5, 5.41) is 5.64. The number of carbonyl (C=O) groups excluding carboxylic acids is 4. The Balaban J connectivity index is 1.72. The second kappa shape index (κ2) is 17.8. The van der Waals surface area contributed by atoms with E-state index >= 15 is 0 Å². The van der Waals surface area contributed by atoms with Gasteiger partial charge >= 0.3 is 18.0 Å². The molecule has 252 valence electrons. The Morgan fingerprint density at radius 3 is 1.85 bits per heavy atom. The summed E-state index contributed by atoms with van der Waals surface area (Å²) in [5.41, 5.74) is 1.80. The van der Waals surface area contributed by atoms with Crippen LogP contribution < -0.4 is 15.4 Å². The van der Waals surface area contributed by atoms with E-state index in [1.165, 1.54) is 38.5 Å². The zero-order chi connectivity index (χ0) is 34.4. The molecule has 0 aromatic heterocycles. The Morgan fingerprint density at radius 2 is 1.34 bits per heavy atom. The third-order valence-corrected chi connectivity index (χ3v) is 8.85. The second-order valence-electron chi connectivity index (χ2n) is 10.7. The quantitative estimate of drug-likeness (QED) is 0.152. The van der Waals surface area contributed by atoms with E-state index < -0.39 is 58.0 Å². The number of hydrogen-bond donors (Lipinski definition) is 3. The van der Waals surface area contributed by atoms with Crippen LogP contribution in [0.4, 0.5) is 4.79 Å². The predicted molar refractivity (Wildman–Crippen MR) is 174 cm³/mol. The molecule has 0 heterocycles. The molecule has 13 heteroatoms. The summed E-state index contributed by atoms with van der Waals surface area (Å²) < 4.78 is 43.2. The molecule has 3 rings (SSSR count). The van der Waals surface area contributed by atoms with Gasteiger partial charge in [0.25, 0.3) is 0 Å². The number of esters is 2. The summed E-state index contributed by atoms with van der Waals surface area (Å²) in [5.74, 6) is -2.34. The average Bonchev–Trinajstić information content (AvgIpc) is 3.08. The van der Waals surface area contributed by atoms with Crippen molar-refractivity contribution in [2.75, 3.05) is 20.8 Å². The fourth-order valence-electron chi connectivity index (χ4n) is 5.03. The monoisotopic (exact) mass is 667 g/mol. The summed E-state index contributed by atoms with van der Waals surface area (Å²) in [6.07, 6.45) is 0.0341. The maximum absolute atomic E-state index is 13.7. The van der Waals surface area contributed by atoms with Gasteiger partial charge in [-0.15, -0.1) is 0 Å². The first-order chi connectivity index (χ1) is 22.5. The van der Waals surface area contributed by atoms with Gasteiger partial charge in [-0.1, -0.05) is 60.7 Å². The first kappa shape index (κ1) is 36.7. The molecule has 0 aliphatic rings. The number of carbonyl (C=O) groups is 4. The average molecular weight is 668 g/mol. The number of alkyl carbamates (subject to hydrolysis) is 1. The highest BCUT2D eigenvalue weighted by Gasteiger charge is 2.34. The van der Waals surface area contributed by atoms with Gasteiger partial charge in [0.1, 0.15) is 12.1 Å². The zero-order valence-electron chi connectivity index (χ0n) is 26.8. The summed E-state index contributed by atoms with van der Waals surface area (Å²) in [4.78, 5) is 50.4. The highest BCUT2D eigenvalue weighted by molar-refractivity contribution is 7.89. The standard InChI is InChI=1S/C34H41N3O9S/c1-5-46-33(40)28(37-47(42,43)27-21-19-26(20-22-27)32(39)44-3)18-12-13-23(2)35-31(38)30(36-34(41)45-4)29(24-14-8-6-9-15-24)25-16-10-7-11-17-25/h6-11,14-17,19-23,28-30,37H,5,12-13,18H2,1-4H3,(H,35,38)(H,36,41)/t23-,28-,30-/m0/s1. The van der Waals surface area contributed by atoms with Crippen molar-refractivity contribution in [3.8, 4) is 0 Å². The van der Waals surface area contributed by atoms with Crippen LogP contribution in [0.25, 0.3) is 0 Å². The fraction of sp³-hybridized carbons (Fsp3) is 0.353. The highest BCUT2D eigenvalue weighted by atomic mass is 32.2. The Morgan fingerprint density at radius 1 is 0.766 bits per heavy atom. The van der Waals surface area contributed by atoms with Crippen molar-refractivity contribution in [1.29, 1.82) is 0 Å². The SMILES string of the molecule is CCOC(=O)[C@H](CCC[C@H](C)NC(=O)[C@@H](NC(=O)OC)C(c1ccccc1)c1ccccc1)NS(=O)(=O)c1ccc(C(=O)OC)cc1. The Kier molecular flexibility index (Phi) is 13.9. The van der Waals surface area contributed by atoms with Gasteiger partial charge in [0.05, 0.1) is 31.3 Å². The van der Waals surface area contributed by atoms with Crippen molar-refractivity contribution >= 4 is 34.0 Å². The van der Waals surface area contributed by atoms with Gasteiger partial charge in [0.2, 0.25) is 15.9 Å². The van der Waals surface area contributed by atoms with Gasteiger partial charge in [0, 0.05) is 12.0 Å². The molecule has 0 aliphatic heterocycles. The maximum Gasteiger partial charge on any atom is 0.407 e. The largest absolute Gasteiger partial charge is 0.465 e. The van der Waals surface area contributed by atoms with Crippen LogP contribution >= 0.6 is 0 Å². The molecule has 3 aromatic carbocycles. The van der Waals surface area contributed by atoms with Crippen LogP contribution in [0.15, 0.2) is 89.8 Å². The normalized spacial score (nSPS) is 13.1. The molecule has 0 fully saturated rings. The molecular formula is C34H41N3O9S. The van der Waals surface area contributed by atoms with Gasteiger partial charge in [-0.3, -0.25) is 9.59 Å². The van der Waals surface area contributed by atoms with Gasteiger partial charge in [-0.05, 0) is 68.5 Å². The molecule has 0 unspecified atom stereocenters. The number of ether oxygens (including phenoxy) is 3. The van der Waals surface area contributed by atoms with E-state index in [0.717, 1.165) is 11.1 Å². The van der Waals surface area contributed by atoms with Gasteiger partial charge in [-0.2, -0.15) is 4.72 Å². The van der Waals surface area contributed by atoms with E-state index in [1.54, 1.807) is 13.8 Å². The highest BCUT2D eigenvalue weighted by Crippen LogP contribution is 2.29. The second-order valence-corrected chi connectivity index (χ2v) is 12.4. The van der Waals surface area contributed by atoms with Crippen molar-refractivity contribution in [2.24, 2.45) is 0 Å². The summed E-state index contributed by atoms with van der Waals surface area (Å²) in [6.45, 7) is 3.44. The topological polar surface area (TPSA) is 166 Å². The molecule has 0 radical (unpaired) electrons. The van der Waals surface area contributed by atoms with Crippen LogP contribution in [0, 0.1) is 0 Å². The Labute approximate surface area is 275 Å². The van der Waals surface area contributed by atoms with Crippen LogP contribution in [0.3, 0.4) is 0 Å². The molecule has 0 saturated heterocycles. The summed E-state index contributed by atoms with van der Waals surface area (Å²) >= 11 is 0. The van der Waals surface area contributed by atoms with Gasteiger partial charge < -0.3 is 24.8 Å². The van der Waals surface area contributed by atoms with E-state index in [2.05, 4.69) is 20.1 Å². The molecule has 3 aromatic rings. The van der Waals surface area contributed by atoms with E-state index in [4.69, 9.17) is 9.47 Å². The molecule has 0 saturated carbocycles. The van der Waals surface area contributed by atoms with Crippen LogP contribution in [-0.2, 0) is 33.8 Å². The summed E-state index contributed by atoms with van der Waals surface area (Å²) in [7, 11) is -1.72. The third kappa shape index (κ3) is 10.6. The molecule has 0 aliphatic carbocycles. The minimum absolute atomic E-state index is 0.0515. The lowest BCUT2D eigenvalue weighted by Gasteiger charge is -2.29. The Hall–Kier alpha value is -4.75. The minimum atomic E-state index is -4.15. The fourth-order valence-corrected chi connectivity index (χ4v) is 6.25. The van der Waals surface area contributed by atoms with Crippen molar-refractivity contribution in [1.82, 2.24) is 15.4 Å². The lowest BCUT2D eigenvalue weighted by molar-refractivity contribution is -0.145. The molecule has 3 atom stereocenters. The Bertz CT molecular complexity index is 1540. The van der Waals surface area contributed by atoms with E-state index in [-0.39, 0.29) is 23.5 Å². The van der Waals surface area contributed by atoms with Crippen LogP contribution in [0.1, 0.15) is 60.5 Å². The summed E-state index contributed by atoms with van der Waals surface area (Å²) in [6, 6.07) is 21.1.